The van der Waals surface area contributed by atoms with Gasteiger partial charge in [0.05, 0.1) is 5.69 Å². The van der Waals surface area contributed by atoms with Crippen LogP contribution in [0.4, 0.5) is 5.69 Å². The van der Waals surface area contributed by atoms with Crippen molar-refractivity contribution < 1.29 is 8.42 Å². The van der Waals surface area contributed by atoms with Crippen LogP contribution in [-0.2, 0) is 16.8 Å². The largest absolute Gasteiger partial charge is 0.302 e. The zero-order chi connectivity index (χ0) is 17.0. The minimum atomic E-state index is -3.42. The summed E-state index contributed by atoms with van der Waals surface area (Å²) in [6.45, 7) is 2.47. The van der Waals surface area contributed by atoms with Gasteiger partial charge in [0.25, 0.3) is 0 Å². The van der Waals surface area contributed by atoms with Crippen LogP contribution in [0.15, 0.2) is 24.3 Å². The van der Waals surface area contributed by atoms with Crippen molar-refractivity contribution in [1.82, 2.24) is 9.62 Å². The van der Waals surface area contributed by atoms with Crippen LogP contribution in [-0.4, -0.2) is 38.5 Å². The van der Waals surface area contributed by atoms with Crippen molar-refractivity contribution in [1.29, 1.82) is 0 Å². The fourth-order valence-electron chi connectivity index (χ4n) is 5.75. The average Bonchev–Trinajstić information content (AvgIpc) is 3.25. The summed E-state index contributed by atoms with van der Waals surface area (Å²) in [6.07, 6.45) is 7.52. The highest BCUT2D eigenvalue weighted by atomic mass is 32.2. The molecule has 0 amide bonds. The minimum absolute atomic E-state index is 0.0776. The maximum Gasteiger partial charge on any atom is 0.302 e. The van der Waals surface area contributed by atoms with Crippen LogP contribution >= 0.6 is 0 Å². The van der Waals surface area contributed by atoms with E-state index in [4.69, 9.17) is 0 Å². The monoisotopic (exact) mass is 361 g/mol. The highest BCUT2D eigenvalue weighted by Gasteiger charge is 2.44. The van der Waals surface area contributed by atoms with Gasteiger partial charge in [0.15, 0.2) is 0 Å². The van der Waals surface area contributed by atoms with Gasteiger partial charge in [0.2, 0.25) is 0 Å². The van der Waals surface area contributed by atoms with Gasteiger partial charge in [-0.2, -0.15) is 13.1 Å². The molecule has 2 aliphatic heterocycles. The lowest BCUT2D eigenvalue weighted by Gasteiger charge is -2.44. The van der Waals surface area contributed by atoms with E-state index in [2.05, 4.69) is 9.62 Å². The van der Waals surface area contributed by atoms with Crippen molar-refractivity contribution in [3.63, 3.8) is 0 Å². The maximum absolute atomic E-state index is 12.7. The standard InChI is InChI=1S/C19H27N3O2S/c23-25(24)20-13-16-3-1-2-4-18(16)22(25)17-7-9-21(10-8-17)19-12-14-5-6-15(19)11-14/h1-4,14-15,17,19-20H,5-13H2. The summed E-state index contributed by atoms with van der Waals surface area (Å²) in [4.78, 5) is 2.66. The van der Waals surface area contributed by atoms with Crippen LogP contribution in [0.2, 0.25) is 0 Å². The van der Waals surface area contributed by atoms with Crippen molar-refractivity contribution in [3.8, 4) is 0 Å². The number of likely N-dealkylation sites (tertiary alicyclic amines) is 1. The number of anilines is 1. The van der Waals surface area contributed by atoms with E-state index in [0.29, 0.717) is 6.54 Å². The molecular formula is C19H27N3O2S. The fourth-order valence-corrected chi connectivity index (χ4v) is 7.26. The van der Waals surface area contributed by atoms with Crippen molar-refractivity contribution in [2.75, 3.05) is 17.4 Å². The molecule has 0 radical (unpaired) electrons. The fraction of sp³-hybridized carbons (Fsp3) is 0.684. The first-order valence-electron chi connectivity index (χ1n) is 9.73. The number of nitrogens with zero attached hydrogens (tertiary/aromatic N) is 2. The third kappa shape index (κ3) is 2.69. The Kier molecular flexibility index (Phi) is 3.84. The molecule has 0 spiro atoms. The van der Waals surface area contributed by atoms with Gasteiger partial charge in [-0.15, -0.1) is 0 Å². The number of fused-ring (bicyclic) bond motifs is 3. The second-order valence-corrected chi connectivity index (χ2v) is 9.89. The second-order valence-electron chi connectivity index (χ2n) is 8.26. The Hall–Kier alpha value is -1.11. The summed E-state index contributed by atoms with van der Waals surface area (Å²) in [5.41, 5.74) is 1.95. The highest BCUT2D eigenvalue weighted by Crippen LogP contribution is 2.47. The van der Waals surface area contributed by atoms with Crippen LogP contribution in [0, 0.1) is 11.8 Å². The number of piperidine rings is 1. The molecular weight excluding hydrogens is 334 g/mol. The minimum Gasteiger partial charge on any atom is -0.300 e. The third-order valence-corrected chi connectivity index (χ3v) is 8.46. The van der Waals surface area contributed by atoms with Crippen LogP contribution in [0.3, 0.4) is 0 Å². The molecule has 1 N–H and O–H groups in total. The molecule has 2 heterocycles. The molecule has 5 rings (SSSR count). The number of hydrogen-bond acceptors (Lipinski definition) is 3. The summed E-state index contributed by atoms with van der Waals surface area (Å²) >= 11 is 0. The molecule has 4 aliphatic rings. The summed E-state index contributed by atoms with van der Waals surface area (Å²) in [5.74, 6) is 1.87. The number of benzene rings is 1. The molecule has 3 unspecified atom stereocenters. The van der Waals surface area contributed by atoms with Gasteiger partial charge in [-0.1, -0.05) is 24.6 Å². The Morgan fingerprint density at radius 1 is 1.00 bits per heavy atom. The van der Waals surface area contributed by atoms with E-state index in [1.54, 1.807) is 4.31 Å². The number of rotatable bonds is 2. The topological polar surface area (TPSA) is 52.7 Å². The summed E-state index contributed by atoms with van der Waals surface area (Å²) in [5, 5.41) is 0. The van der Waals surface area contributed by atoms with Gasteiger partial charge in [-0.25, -0.2) is 0 Å². The van der Waals surface area contributed by atoms with Crippen LogP contribution in [0.5, 0.6) is 0 Å². The van der Waals surface area contributed by atoms with Crippen LogP contribution < -0.4 is 9.03 Å². The van der Waals surface area contributed by atoms with Crippen LogP contribution in [0.1, 0.15) is 44.1 Å². The first-order valence-corrected chi connectivity index (χ1v) is 11.2. The van der Waals surface area contributed by atoms with Crippen molar-refractivity contribution in [3.05, 3.63) is 29.8 Å². The Morgan fingerprint density at radius 3 is 2.52 bits per heavy atom. The molecule has 1 aromatic carbocycles. The predicted molar refractivity (Wildman–Crippen MR) is 98.5 cm³/mol. The molecule has 1 aromatic rings. The van der Waals surface area contributed by atoms with Crippen molar-refractivity contribution in [2.24, 2.45) is 11.8 Å². The molecule has 0 aromatic heterocycles. The lowest BCUT2D eigenvalue weighted by molar-refractivity contribution is 0.112. The second kappa shape index (κ2) is 5.96. The van der Waals surface area contributed by atoms with E-state index in [1.165, 1.54) is 25.7 Å². The third-order valence-electron chi connectivity index (χ3n) is 6.93. The van der Waals surface area contributed by atoms with E-state index in [0.717, 1.165) is 55.1 Å². The van der Waals surface area contributed by atoms with Gasteiger partial charge in [0.1, 0.15) is 0 Å². The highest BCUT2D eigenvalue weighted by molar-refractivity contribution is 7.91. The summed E-state index contributed by atoms with van der Waals surface area (Å²) in [6, 6.07) is 8.74. The van der Waals surface area contributed by atoms with Crippen LogP contribution in [0.25, 0.3) is 0 Å². The average molecular weight is 362 g/mol. The maximum atomic E-state index is 12.7. The number of nitrogens with one attached hydrogen (secondary N) is 1. The van der Waals surface area contributed by atoms with Gasteiger partial charge in [-0.3, -0.25) is 9.21 Å². The Labute approximate surface area is 150 Å². The molecule has 1 saturated heterocycles. The molecule has 3 atom stereocenters. The molecule has 25 heavy (non-hydrogen) atoms. The zero-order valence-electron chi connectivity index (χ0n) is 14.6. The SMILES string of the molecule is O=S1(=O)NCc2ccccc2N1C1CCN(C2CC3CCC2C3)CC1. The lowest BCUT2D eigenvalue weighted by atomic mass is 9.91. The molecule has 6 heteroatoms. The van der Waals surface area contributed by atoms with Gasteiger partial charge >= 0.3 is 10.2 Å². The zero-order valence-corrected chi connectivity index (χ0v) is 15.4. The van der Waals surface area contributed by atoms with Crippen molar-refractivity contribution >= 4 is 15.9 Å². The number of para-hydroxylation sites is 1. The molecule has 2 saturated carbocycles. The van der Waals surface area contributed by atoms with Gasteiger partial charge in [-0.05, 0) is 55.6 Å². The molecule has 2 aliphatic carbocycles. The van der Waals surface area contributed by atoms with Gasteiger partial charge in [0, 0.05) is 31.7 Å². The first kappa shape index (κ1) is 16.1. The Morgan fingerprint density at radius 2 is 1.80 bits per heavy atom. The molecule has 5 nitrogen and oxygen atoms in total. The van der Waals surface area contributed by atoms with Gasteiger partial charge < -0.3 is 0 Å². The number of hydrogen-bond donors (Lipinski definition) is 1. The van der Waals surface area contributed by atoms with E-state index in [-0.39, 0.29) is 6.04 Å². The molecule has 2 bridgehead atoms. The predicted octanol–water partition coefficient (Wildman–Crippen LogP) is 2.49. The van der Waals surface area contributed by atoms with E-state index in [1.807, 2.05) is 24.3 Å². The van der Waals surface area contributed by atoms with E-state index >= 15 is 0 Å². The smallest absolute Gasteiger partial charge is 0.300 e. The van der Waals surface area contributed by atoms with E-state index < -0.39 is 10.2 Å². The summed E-state index contributed by atoms with van der Waals surface area (Å²) < 4.78 is 29.8. The van der Waals surface area contributed by atoms with Crippen molar-refractivity contribution in [2.45, 2.75) is 57.2 Å². The quantitative estimate of drug-likeness (QED) is 0.881. The Balaban J connectivity index is 1.33. The lowest BCUT2D eigenvalue weighted by Crippen LogP contribution is -2.55. The Bertz CT molecular complexity index is 758. The molecule has 136 valence electrons. The first-order chi connectivity index (χ1) is 12.1. The normalized spacial score (nSPS) is 35.0. The summed E-state index contributed by atoms with van der Waals surface area (Å²) in [7, 11) is -3.42. The van der Waals surface area contributed by atoms with E-state index in [9.17, 15) is 8.42 Å². The molecule has 3 fully saturated rings.